The lowest BCUT2D eigenvalue weighted by Gasteiger charge is -2.11. The predicted molar refractivity (Wildman–Crippen MR) is 41.7 cm³/mol. The van der Waals surface area contributed by atoms with Crippen LogP contribution in [0.5, 0.6) is 0 Å². The molecule has 4 nitrogen and oxygen atoms in total. The smallest absolute Gasteiger partial charge is 0.327 e. The summed E-state index contributed by atoms with van der Waals surface area (Å²) in [5, 5.41) is 10.9. The molecule has 0 saturated carbocycles. The Morgan fingerprint density at radius 1 is 1.90 bits per heavy atom. The predicted octanol–water partition coefficient (Wildman–Crippen LogP) is -0.611. The molecular formula is C5H10N2O2S. The van der Waals surface area contributed by atoms with Crippen LogP contribution in [0.25, 0.3) is 0 Å². The maximum absolute atomic E-state index is 10.3. The molecular weight excluding hydrogens is 152 g/mol. The average molecular weight is 162 g/mol. The van der Waals surface area contributed by atoms with Gasteiger partial charge in [-0.05, 0) is 0 Å². The van der Waals surface area contributed by atoms with Gasteiger partial charge in [-0.2, -0.15) is 12.6 Å². The molecule has 58 valence electrons. The van der Waals surface area contributed by atoms with Crippen molar-refractivity contribution in [2.24, 2.45) is 5.73 Å². The first-order chi connectivity index (χ1) is 4.57. The highest BCUT2D eigenvalue weighted by molar-refractivity contribution is 7.80. The Hall–Kier alpha value is -0.840. The zero-order chi connectivity index (χ0) is 8.15. The van der Waals surface area contributed by atoms with Gasteiger partial charge >= 0.3 is 5.97 Å². The van der Waals surface area contributed by atoms with Crippen molar-refractivity contribution < 1.29 is 9.90 Å². The summed E-state index contributed by atoms with van der Waals surface area (Å²) in [5.74, 6) is -0.658. The van der Waals surface area contributed by atoms with Gasteiger partial charge in [-0.15, -0.1) is 0 Å². The van der Waals surface area contributed by atoms with Gasteiger partial charge in [0.05, 0.1) is 5.82 Å². The number of nitrogens with one attached hydrogen (secondary N) is 1. The second-order valence-electron chi connectivity index (χ2n) is 1.74. The van der Waals surface area contributed by atoms with E-state index in [1.165, 1.54) is 0 Å². The molecule has 0 heterocycles. The Labute approximate surface area is 64.5 Å². The van der Waals surface area contributed by atoms with E-state index >= 15 is 0 Å². The van der Waals surface area contributed by atoms with Gasteiger partial charge in [0.15, 0.2) is 0 Å². The molecule has 4 N–H and O–H groups in total. The topological polar surface area (TPSA) is 75.3 Å². The fourth-order valence-electron chi connectivity index (χ4n) is 0.409. The van der Waals surface area contributed by atoms with Crippen molar-refractivity contribution >= 4 is 18.6 Å². The molecule has 0 spiro atoms. The molecule has 0 aliphatic heterocycles. The standard InChI is InChI=1S/C5H10N2O2S/c1-3(6)7-4(2-10)5(8)9/h4,7,10H,1-2,6H2,(H,8,9). The SMILES string of the molecule is C=C(N)NC(CS)C(=O)O. The van der Waals surface area contributed by atoms with Crippen molar-refractivity contribution in [2.75, 3.05) is 5.75 Å². The molecule has 0 rings (SSSR count). The number of hydrogen-bond acceptors (Lipinski definition) is 4. The first kappa shape index (κ1) is 9.16. The van der Waals surface area contributed by atoms with Gasteiger partial charge in [0.2, 0.25) is 0 Å². The molecule has 0 bridgehead atoms. The van der Waals surface area contributed by atoms with E-state index in [4.69, 9.17) is 10.8 Å². The minimum absolute atomic E-state index is 0.140. The lowest BCUT2D eigenvalue weighted by atomic mass is 10.3. The maximum atomic E-state index is 10.3. The van der Waals surface area contributed by atoms with Crippen molar-refractivity contribution in [3.63, 3.8) is 0 Å². The summed E-state index contributed by atoms with van der Waals surface area (Å²) in [5.41, 5.74) is 5.10. The van der Waals surface area contributed by atoms with Crippen LogP contribution in [-0.2, 0) is 4.79 Å². The van der Waals surface area contributed by atoms with Gasteiger partial charge in [0, 0.05) is 5.75 Å². The molecule has 0 aromatic carbocycles. The number of carbonyl (C=O) groups is 1. The highest BCUT2D eigenvalue weighted by atomic mass is 32.1. The Morgan fingerprint density at radius 2 is 2.40 bits per heavy atom. The Balaban J connectivity index is 3.83. The van der Waals surface area contributed by atoms with E-state index in [0.29, 0.717) is 0 Å². The molecule has 0 aliphatic carbocycles. The molecule has 1 unspecified atom stereocenters. The molecule has 0 fully saturated rings. The second kappa shape index (κ2) is 4.05. The van der Waals surface area contributed by atoms with E-state index in [-0.39, 0.29) is 11.6 Å². The van der Waals surface area contributed by atoms with Crippen molar-refractivity contribution in [1.29, 1.82) is 0 Å². The molecule has 0 amide bonds. The third-order valence-electron chi connectivity index (χ3n) is 0.840. The number of rotatable bonds is 4. The summed E-state index contributed by atoms with van der Waals surface area (Å²) in [6.07, 6.45) is 0. The molecule has 0 radical (unpaired) electrons. The third kappa shape index (κ3) is 3.24. The number of aliphatic carboxylic acids is 1. The zero-order valence-electron chi connectivity index (χ0n) is 5.37. The van der Waals surface area contributed by atoms with Crippen LogP contribution >= 0.6 is 12.6 Å². The van der Waals surface area contributed by atoms with Crippen LogP contribution in [0.15, 0.2) is 12.4 Å². The first-order valence-electron chi connectivity index (χ1n) is 2.62. The third-order valence-corrected chi connectivity index (χ3v) is 1.21. The Morgan fingerprint density at radius 3 is 2.50 bits per heavy atom. The van der Waals surface area contributed by atoms with Gasteiger partial charge in [0.1, 0.15) is 6.04 Å². The van der Waals surface area contributed by atoms with Crippen molar-refractivity contribution in [3.8, 4) is 0 Å². The molecule has 1 atom stereocenters. The van der Waals surface area contributed by atoms with Gasteiger partial charge in [-0.1, -0.05) is 6.58 Å². The van der Waals surface area contributed by atoms with Crippen LogP contribution in [0.2, 0.25) is 0 Å². The quantitative estimate of drug-likeness (QED) is 0.416. The van der Waals surface area contributed by atoms with Crippen LogP contribution in [0.1, 0.15) is 0 Å². The van der Waals surface area contributed by atoms with Gasteiger partial charge in [-0.3, -0.25) is 0 Å². The summed E-state index contributed by atoms with van der Waals surface area (Å²) < 4.78 is 0. The summed E-state index contributed by atoms with van der Waals surface area (Å²) >= 11 is 3.79. The maximum Gasteiger partial charge on any atom is 0.327 e. The molecule has 0 aromatic heterocycles. The fourth-order valence-corrected chi connectivity index (χ4v) is 0.657. The zero-order valence-corrected chi connectivity index (χ0v) is 6.27. The number of carboxylic acids is 1. The van der Waals surface area contributed by atoms with Gasteiger partial charge < -0.3 is 16.2 Å². The largest absolute Gasteiger partial charge is 0.480 e. The lowest BCUT2D eigenvalue weighted by molar-refractivity contribution is -0.138. The molecule has 0 aromatic rings. The highest BCUT2D eigenvalue weighted by Crippen LogP contribution is 1.88. The van der Waals surface area contributed by atoms with E-state index < -0.39 is 12.0 Å². The van der Waals surface area contributed by atoms with Crippen molar-refractivity contribution in [2.45, 2.75) is 6.04 Å². The number of hydrogen-bond donors (Lipinski definition) is 4. The van der Waals surface area contributed by atoms with Crippen LogP contribution < -0.4 is 11.1 Å². The monoisotopic (exact) mass is 162 g/mol. The minimum atomic E-state index is -0.985. The van der Waals surface area contributed by atoms with Crippen LogP contribution in [0.3, 0.4) is 0 Å². The Bertz CT molecular complexity index is 149. The lowest BCUT2D eigenvalue weighted by Crippen LogP contribution is -2.39. The van der Waals surface area contributed by atoms with Crippen molar-refractivity contribution in [3.05, 3.63) is 12.4 Å². The molecule has 5 heteroatoms. The number of nitrogens with two attached hydrogens (primary N) is 1. The molecule has 10 heavy (non-hydrogen) atoms. The fraction of sp³-hybridized carbons (Fsp3) is 0.400. The van der Waals surface area contributed by atoms with Crippen molar-refractivity contribution in [1.82, 2.24) is 5.32 Å². The van der Waals surface area contributed by atoms with Crippen LogP contribution in [-0.4, -0.2) is 22.9 Å². The number of thiol groups is 1. The average Bonchev–Trinajstić information content (AvgIpc) is 1.81. The summed E-state index contributed by atoms with van der Waals surface area (Å²) in [6.45, 7) is 3.29. The summed E-state index contributed by atoms with van der Waals surface area (Å²) in [4.78, 5) is 10.3. The summed E-state index contributed by atoms with van der Waals surface area (Å²) in [6, 6.07) is -0.749. The molecule has 0 saturated heterocycles. The molecule has 0 aliphatic rings. The number of carboxylic acid groups (broad SMARTS) is 1. The normalized spacial score (nSPS) is 12.1. The van der Waals surface area contributed by atoms with Crippen LogP contribution in [0, 0.1) is 0 Å². The van der Waals surface area contributed by atoms with Gasteiger partial charge in [-0.25, -0.2) is 4.79 Å². The Kier molecular flexibility index (Phi) is 3.71. The van der Waals surface area contributed by atoms with Gasteiger partial charge in [0.25, 0.3) is 0 Å². The van der Waals surface area contributed by atoms with E-state index in [0.717, 1.165) is 0 Å². The van der Waals surface area contributed by atoms with Crippen LogP contribution in [0.4, 0.5) is 0 Å². The first-order valence-corrected chi connectivity index (χ1v) is 3.25. The van der Waals surface area contributed by atoms with E-state index in [9.17, 15) is 4.79 Å². The van der Waals surface area contributed by atoms with E-state index in [1.54, 1.807) is 0 Å². The second-order valence-corrected chi connectivity index (χ2v) is 2.11. The van der Waals surface area contributed by atoms with E-state index in [2.05, 4.69) is 24.5 Å². The van der Waals surface area contributed by atoms with E-state index in [1.807, 2.05) is 0 Å². The minimum Gasteiger partial charge on any atom is -0.480 e. The highest BCUT2D eigenvalue weighted by Gasteiger charge is 2.13. The summed E-state index contributed by atoms with van der Waals surface area (Å²) in [7, 11) is 0.